The molecule has 1 heterocycles. The molecule has 21 heavy (non-hydrogen) atoms. The zero-order chi connectivity index (χ0) is 15.4. The smallest absolute Gasteiger partial charge is 0.313 e. The van der Waals surface area contributed by atoms with Gasteiger partial charge in [-0.05, 0) is 36.1 Å². The Morgan fingerprint density at radius 1 is 1.52 bits per heavy atom. The van der Waals surface area contributed by atoms with E-state index in [1.807, 2.05) is 30.0 Å². The van der Waals surface area contributed by atoms with Crippen LogP contribution in [0.4, 0.5) is 0 Å². The lowest BCUT2D eigenvalue weighted by Gasteiger charge is -2.14. The van der Waals surface area contributed by atoms with Crippen LogP contribution in [0.1, 0.15) is 6.92 Å². The van der Waals surface area contributed by atoms with Crippen LogP contribution in [0, 0.1) is 5.92 Å². The van der Waals surface area contributed by atoms with Crippen LogP contribution < -0.4 is 0 Å². The normalized spacial score (nSPS) is 12.7. The molecule has 0 spiro atoms. The van der Waals surface area contributed by atoms with Gasteiger partial charge in [-0.3, -0.25) is 4.79 Å². The van der Waals surface area contributed by atoms with Crippen LogP contribution in [0.25, 0.3) is 11.0 Å². The predicted octanol–water partition coefficient (Wildman–Crippen LogP) is 3.97. The van der Waals surface area contributed by atoms with E-state index in [0.717, 1.165) is 33.0 Å². The average molecular weight is 389 g/mol. The van der Waals surface area contributed by atoms with Crippen LogP contribution >= 0.6 is 39.5 Å². The molecule has 0 saturated carbocycles. The Morgan fingerprint density at radius 3 is 2.95 bits per heavy atom. The minimum absolute atomic E-state index is 0.0292. The summed E-state index contributed by atoms with van der Waals surface area (Å²) in [6.07, 6.45) is 2.10. The number of benzene rings is 1. The van der Waals surface area contributed by atoms with Gasteiger partial charge in [0.1, 0.15) is 0 Å². The van der Waals surface area contributed by atoms with Gasteiger partial charge in [0, 0.05) is 11.0 Å². The first-order chi connectivity index (χ1) is 10.0. The summed E-state index contributed by atoms with van der Waals surface area (Å²) in [6, 6.07) is 5.99. The van der Waals surface area contributed by atoms with Crippen LogP contribution in [-0.4, -0.2) is 38.4 Å². The van der Waals surface area contributed by atoms with Gasteiger partial charge in [0.25, 0.3) is 0 Å². The van der Waals surface area contributed by atoms with Gasteiger partial charge in [0.15, 0.2) is 5.16 Å². The summed E-state index contributed by atoms with van der Waals surface area (Å²) >= 11 is 6.55. The average Bonchev–Trinajstić information content (AvgIpc) is 2.74. The van der Waals surface area contributed by atoms with E-state index < -0.39 is 5.97 Å². The van der Waals surface area contributed by atoms with Crippen molar-refractivity contribution in [1.82, 2.24) is 9.55 Å². The molecule has 0 aliphatic carbocycles. The summed E-state index contributed by atoms with van der Waals surface area (Å²) in [7, 11) is 0. The zero-order valence-electron chi connectivity index (χ0n) is 11.9. The molecule has 0 aliphatic rings. The molecule has 0 bridgehead atoms. The number of carboxylic acids is 1. The number of imidazole rings is 1. The fraction of sp³-hybridized carbons (Fsp3) is 0.429. The molecule has 1 N–H and O–H groups in total. The van der Waals surface area contributed by atoms with Crippen molar-refractivity contribution < 1.29 is 9.90 Å². The van der Waals surface area contributed by atoms with Crippen LogP contribution in [-0.2, 0) is 11.3 Å². The Morgan fingerprint density at radius 2 is 2.29 bits per heavy atom. The maximum Gasteiger partial charge on any atom is 0.313 e. The second kappa shape index (κ2) is 7.56. The molecule has 7 heteroatoms. The first kappa shape index (κ1) is 16.7. The van der Waals surface area contributed by atoms with Crippen LogP contribution in [0.2, 0.25) is 0 Å². The highest BCUT2D eigenvalue weighted by molar-refractivity contribution is 9.10. The van der Waals surface area contributed by atoms with Crippen molar-refractivity contribution in [2.24, 2.45) is 5.92 Å². The quantitative estimate of drug-likeness (QED) is 0.726. The Labute approximate surface area is 140 Å². The molecule has 1 aromatic carbocycles. The minimum Gasteiger partial charge on any atom is -0.481 e. The maximum atomic E-state index is 10.8. The lowest BCUT2D eigenvalue weighted by Crippen LogP contribution is -2.11. The first-order valence-corrected chi connectivity index (χ1v) is 9.67. The van der Waals surface area contributed by atoms with Gasteiger partial charge in [0.2, 0.25) is 0 Å². The molecule has 0 fully saturated rings. The van der Waals surface area contributed by atoms with Crippen LogP contribution in [0.5, 0.6) is 0 Å². The lowest BCUT2D eigenvalue weighted by molar-refractivity contribution is -0.133. The molecular weight excluding hydrogens is 372 g/mol. The number of hydrogen-bond donors (Lipinski definition) is 1. The van der Waals surface area contributed by atoms with Gasteiger partial charge in [-0.2, -0.15) is 11.8 Å². The van der Waals surface area contributed by atoms with Crippen molar-refractivity contribution >= 4 is 56.5 Å². The van der Waals surface area contributed by atoms with Gasteiger partial charge >= 0.3 is 5.97 Å². The standard InChI is InChI=1S/C14H17BrN2O2S2/c1-9(7-20-2)6-17-12-4-3-10(15)5-11(12)16-14(17)21-8-13(18)19/h3-5,9H,6-8H2,1-2H3,(H,18,19). The number of halogens is 1. The van der Waals surface area contributed by atoms with Crippen LogP contribution in [0.15, 0.2) is 27.8 Å². The predicted molar refractivity (Wildman–Crippen MR) is 93.3 cm³/mol. The van der Waals surface area contributed by atoms with E-state index in [1.165, 1.54) is 11.8 Å². The van der Waals surface area contributed by atoms with E-state index in [-0.39, 0.29) is 5.75 Å². The van der Waals surface area contributed by atoms with E-state index in [1.54, 1.807) is 0 Å². The summed E-state index contributed by atoms with van der Waals surface area (Å²) in [4.78, 5) is 15.4. The number of fused-ring (bicyclic) bond motifs is 1. The Balaban J connectivity index is 2.36. The summed E-state index contributed by atoms with van der Waals surface area (Å²) in [5.74, 6) is 0.780. The number of thioether (sulfide) groups is 2. The van der Waals surface area contributed by atoms with Crippen molar-refractivity contribution in [3.8, 4) is 0 Å². The van der Waals surface area contributed by atoms with E-state index in [9.17, 15) is 4.79 Å². The van der Waals surface area contributed by atoms with Gasteiger partial charge in [-0.1, -0.05) is 34.6 Å². The molecule has 1 unspecified atom stereocenters. The van der Waals surface area contributed by atoms with Crippen molar-refractivity contribution in [2.75, 3.05) is 17.8 Å². The molecule has 4 nitrogen and oxygen atoms in total. The molecule has 1 aromatic heterocycles. The molecule has 2 aromatic rings. The molecule has 1 atom stereocenters. The van der Waals surface area contributed by atoms with Crippen molar-refractivity contribution in [3.63, 3.8) is 0 Å². The SMILES string of the molecule is CSCC(C)Cn1c(SCC(=O)O)nc2cc(Br)ccc21. The van der Waals surface area contributed by atoms with Crippen molar-refractivity contribution in [1.29, 1.82) is 0 Å². The third-order valence-electron chi connectivity index (χ3n) is 2.95. The monoisotopic (exact) mass is 388 g/mol. The second-order valence-electron chi connectivity index (χ2n) is 4.88. The topological polar surface area (TPSA) is 55.1 Å². The number of nitrogens with zero attached hydrogens (tertiary/aromatic N) is 2. The molecule has 0 radical (unpaired) electrons. The number of rotatable bonds is 7. The third kappa shape index (κ3) is 4.40. The lowest BCUT2D eigenvalue weighted by atomic mass is 10.2. The first-order valence-electron chi connectivity index (χ1n) is 6.50. The largest absolute Gasteiger partial charge is 0.481 e. The zero-order valence-corrected chi connectivity index (χ0v) is 15.1. The van der Waals surface area contributed by atoms with E-state index in [2.05, 4.69) is 38.7 Å². The summed E-state index contributed by atoms with van der Waals surface area (Å²) in [6.45, 7) is 3.05. The third-order valence-corrected chi connectivity index (χ3v) is 5.30. The van der Waals surface area contributed by atoms with Crippen molar-refractivity contribution in [2.45, 2.75) is 18.6 Å². The van der Waals surface area contributed by atoms with Gasteiger partial charge in [-0.15, -0.1) is 0 Å². The molecule has 0 amide bonds. The Kier molecular flexibility index (Phi) is 6.01. The van der Waals surface area contributed by atoms with E-state index in [4.69, 9.17) is 5.11 Å². The Hall–Kier alpha value is -0.660. The molecule has 0 aliphatic heterocycles. The highest BCUT2D eigenvalue weighted by atomic mass is 79.9. The maximum absolute atomic E-state index is 10.8. The van der Waals surface area contributed by atoms with Gasteiger partial charge < -0.3 is 9.67 Å². The number of hydrogen-bond acceptors (Lipinski definition) is 4. The number of aromatic nitrogens is 2. The number of carboxylic acid groups (broad SMARTS) is 1. The number of carbonyl (C=O) groups is 1. The summed E-state index contributed by atoms with van der Waals surface area (Å²) in [5.41, 5.74) is 1.95. The minimum atomic E-state index is -0.822. The highest BCUT2D eigenvalue weighted by Crippen LogP contribution is 2.27. The van der Waals surface area contributed by atoms with Gasteiger partial charge in [-0.25, -0.2) is 4.98 Å². The molecule has 2 rings (SSSR count). The highest BCUT2D eigenvalue weighted by Gasteiger charge is 2.15. The number of aliphatic carboxylic acids is 1. The van der Waals surface area contributed by atoms with Crippen LogP contribution in [0.3, 0.4) is 0 Å². The molecule has 0 saturated heterocycles. The second-order valence-corrected chi connectivity index (χ2v) is 7.65. The summed E-state index contributed by atoms with van der Waals surface area (Å²) in [5, 5.41) is 9.66. The summed E-state index contributed by atoms with van der Waals surface area (Å²) < 4.78 is 3.11. The molecular formula is C14H17BrN2O2S2. The fourth-order valence-corrected chi connectivity index (χ4v) is 3.91. The van der Waals surface area contributed by atoms with E-state index >= 15 is 0 Å². The fourth-order valence-electron chi connectivity index (χ4n) is 2.14. The van der Waals surface area contributed by atoms with E-state index in [0.29, 0.717) is 5.92 Å². The van der Waals surface area contributed by atoms with Gasteiger partial charge in [0.05, 0.1) is 16.8 Å². The Bertz CT molecular complexity index is 645. The van der Waals surface area contributed by atoms with Crippen molar-refractivity contribution in [3.05, 3.63) is 22.7 Å². The molecule has 114 valence electrons.